The Balaban J connectivity index is 1.82. The maximum atomic E-state index is 14.2. The lowest BCUT2D eigenvalue weighted by molar-refractivity contribution is 0.423. The van der Waals surface area contributed by atoms with E-state index in [4.69, 9.17) is 5.73 Å². The van der Waals surface area contributed by atoms with Crippen LogP contribution in [0.4, 0.5) is 4.39 Å². The second-order valence-corrected chi connectivity index (χ2v) is 6.43. The number of tetrazole rings is 1. The third-order valence-corrected chi connectivity index (χ3v) is 4.82. The van der Waals surface area contributed by atoms with Gasteiger partial charge in [0.15, 0.2) is 0 Å². The first-order valence-corrected chi connectivity index (χ1v) is 7.97. The van der Waals surface area contributed by atoms with E-state index in [1.165, 1.54) is 30.7 Å². The fourth-order valence-corrected chi connectivity index (χ4v) is 3.46. The second kappa shape index (κ2) is 6.11. The standard InChI is InChI=1S/C14H18FN5S/c1-9(16)10-6-7-13(12(15)8-10)21-14-17-18-19-20(14)11-4-2-3-5-11/h6-9,11H,2-5,16H2,1H3. The molecule has 1 aliphatic carbocycles. The van der Waals surface area contributed by atoms with Crippen molar-refractivity contribution in [3.63, 3.8) is 0 Å². The van der Waals surface area contributed by atoms with Crippen molar-refractivity contribution in [3.8, 4) is 0 Å². The molecule has 1 aliphatic rings. The zero-order valence-electron chi connectivity index (χ0n) is 11.9. The minimum atomic E-state index is -0.282. The second-order valence-electron chi connectivity index (χ2n) is 5.42. The van der Waals surface area contributed by atoms with E-state index in [0.29, 0.717) is 16.1 Å². The van der Waals surface area contributed by atoms with Crippen molar-refractivity contribution in [3.05, 3.63) is 29.6 Å². The number of halogens is 1. The summed E-state index contributed by atoms with van der Waals surface area (Å²) < 4.78 is 16.0. The van der Waals surface area contributed by atoms with Crippen LogP contribution >= 0.6 is 11.8 Å². The van der Waals surface area contributed by atoms with Crippen molar-refractivity contribution < 1.29 is 4.39 Å². The Morgan fingerprint density at radius 2 is 2.14 bits per heavy atom. The molecule has 0 saturated heterocycles. The van der Waals surface area contributed by atoms with Crippen molar-refractivity contribution in [2.75, 3.05) is 0 Å². The van der Waals surface area contributed by atoms with Crippen molar-refractivity contribution in [2.45, 2.75) is 54.7 Å². The number of rotatable bonds is 4. The molecule has 0 spiro atoms. The van der Waals surface area contributed by atoms with Gasteiger partial charge in [0, 0.05) is 6.04 Å². The molecule has 0 radical (unpaired) electrons. The number of hydrogen-bond acceptors (Lipinski definition) is 5. The quantitative estimate of drug-likeness (QED) is 0.940. The van der Waals surface area contributed by atoms with Gasteiger partial charge in [0.2, 0.25) is 5.16 Å². The van der Waals surface area contributed by atoms with E-state index in [1.54, 1.807) is 6.07 Å². The fraction of sp³-hybridized carbons (Fsp3) is 0.500. The minimum absolute atomic E-state index is 0.178. The molecule has 2 N–H and O–H groups in total. The largest absolute Gasteiger partial charge is 0.324 e. The zero-order chi connectivity index (χ0) is 14.8. The van der Waals surface area contributed by atoms with Crippen molar-refractivity contribution in [2.24, 2.45) is 5.73 Å². The smallest absolute Gasteiger partial charge is 0.214 e. The minimum Gasteiger partial charge on any atom is -0.324 e. The molecule has 1 saturated carbocycles. The molecule has 1 atom stereocenters. The predicted molar refractivity (Wildman–Crippen MR) is 78.4 cm³/mol. The summed E-state index contributed by atoms with van der Waals surface area (Å²) in [6.07, 6.45) is 4.58. The van der Waals surface area contributed by atoms with E-state index in [9.17, 15) is 4.39 Å². The molecular weight excluding hydrogens is 289 g/mol. The van der Waals surface area contributed by atoms with Crippen LogP contribution in [0.3, 0.4) is 0 Å². The molecule has 3 rings (SSSR count). The van der Waals surface area contributed by atoms with Crippen LogP contribution < -0.4 is 5.73 Å². The van der Waals surface area contributed by atoms with Crippen molar-refractivity contribution >= 4 is 11.8 Å². The first-order valence-electron chi connectivity index (χ1n) is 7.16. The molecule has 0 aliphatic heterocycles. The third kappa shape index (κ3) is 3.08. The molecule has 1 aromatic heterocycles. The summed E-state index contributed by atoms with van der Waals surface area (Å²) in [7, 11) is 0. The third-order valence-electron chi connectivity index (χ3n) is 3.82. The molecule has 1 fully saturated rings. The molecule has 21 heavy (non-hydrogen) atoms. The highest BCUT2D eigenvalue weighted by Gasteiger charge is 2.22. The summed E-state index contributed by atoms with van der Waals surface area (Å²) in [6, 6.07) is 5.24. The molecule has 2 aromatic rings. The van der Waals surface area contributed by atoms with Crippen molar-refractivity contribution in [1.29, 1.82) is 0 Å². The Hall–Kier alpha value is -1.47. The monoisotopic (exact) mass is 307 g/mol. The van der Waals surface area contributed by atoms with Crippen LogP contribution in [0, 0.1) is 5.82 Å². The number of hydrogen-bond donors (Lipinski definition) is 1. The molecule has 112 valence electrons. The Kier molecular flexibility index (Phi) is 4.21. The summed E-state index contributed by atoms with van der Waals surface area (Å²) in [5, 5.41) is 12.5. The van der Waals surface area contributed by atoms with Crippen LogP contribution in [0.2, 0.25) is 0 Å². The summed E-state index contributed by atoms with van der Waals surface area (Å²) in [5.74, 6) is -0.282. The first-order chi connectivity index (χ1) is 10.1. The van der Waals surface area contributed by atoms with Crippen LogP contribution in [0.15, 0.2) is 28.3 Å². The lowest BCUT2D eigenvalue weighted by Crippen LogP contribution is -2.08. The van der Waals surface area contributed by atoms with Crippen LogP contribution in [0.25, 0.3) is 0 Å². The summed E-state index contributed by atoms with van der Waals surface area (Å²) >= 11 is 1.27. The number of aromatic nitrogens is 4. The molecule has 1 aromatic carbocycles. The van der Waals surface area contributed by atoms with Gasteiger partial charge >= 0.3 is 0 Å². The topological polar surface area (TPSA) is 69.6 Å². The van der Waals surface area contributed by atoms with Gasteiger partial charge in [0.25, 0.3) is 0 Å². The highest BCUT2D eigenvalue weighted by molar-refractivity contribution is 7.99. The van der Waals surface area contributed by atoms with Gasteiger partial charge < -0.3 is 5.73 Å². The average molecular weight is 307 g/mol. The Bertz CT molecular complexity index is 622. The first kappa shape index (κ1) is 14.5. The highest BCUT2D eigenvalue weighted by Crippen LogP contribution is 2.35. The fourth-order valence-electron chi connectivity index (χ4n) is 2.61. The highest BCUT2D eigenvalue weighted by atomic mass is 32.2. The summed E-state index contributed by atoms with van der Waals surface area (Å²) in [6.45, 7) is 1.84. The zero-order valence-corrected chi connectivity index (χ0v) is 12.7. The van der Waals surface area contributed by atoms with Gasteiger partial charge in [-0.1, -0.05) is 18.9 Å². The van der Waals surface area contributed by atoms with Gasteiger partial charge in [0.05, 0.1) is 10.9 Å². The molecule has 1 heterocycles. The van der Waals surface area contributed by atoms with Crippen molar-refractivity contribution in [1.82, 2.24) is 20.2 Å². The van der Waals surface area contributed by atoms with Gasteiger partial charge in [0.1, 0.15) is 5.82 Å². The van der Waals surface area contributed by atoms with E-state index >= 15 is 0 Å². The van der Waals surface area contributed by atoms with E-state index in [2.05, 4.69) is 15.5 Å². The van der Waals surface area contributed by atoms with Crippen LogP contribution in [-0.2, 0) is 0 Å². The van der Waals surface area contributed by atoms with Gasteiger partial charge in [-0.05, 0) is 59.7 Å². The average Bonchev–Trinajstić information content (AvgIpc) is 3.11. The van der Waals surface area contributed by atoms with Gasteiger partial charge in [-0.2, -0.15) is 0 Å². The number of benzene rings is 1. The normalized spacial score (nSPS) is 17.3. The van der Waals surface area contributed by atoms with Crippen LogP contribution in [0.1, 0.15) is 50.3 Å². The van der Waals surface area contributed by atoms with Crippen LogP contribution in [-0.4, -0.2) is 20.2 Å². The van der Waals surface area contributed by atoms with E-state index < -0.39 is 0 Å². The number of nitrogens with zero attached hydrogens (tertiary/aromatic N) is 4. The van der Waals surface area contributed by atoms with Gasteiger partial charge in [-0.25, -0.2) is 9.07 Å². The van der Waals surface area contributed by atoms with Gasteiger partial charge in [-0.15, -0.1) is 5.10 Å². The van der Waals surface area contributed by atoms with Crippen LogP contribution in [0.5, 0.6) is 0 Å². The molecule has 0 amide bonds. The van der Waals surface area contributed by atoms with E-state index in [0.717, 1.165) is 18.4 Å². The number of nitrogens with two attached hydrogens (primary N) is 1. The van der Waals surface area contributed by atoms with Gasteiger partial charge in [-0.3, -0.25) is 0 Å². The van der Waals surface area contributed by atoms with E-state index in [1.807, 2.05) is 17.7 Å². The molecule has 7 heteroatoms. The van der Waals surface area contributed by atoms with E-state index in [-0.39, 0.29) is 11.9 Å². The Morgan fingerprint density at radius 3 is 2.81 bits per heavy atom. The predicted octanol–water partition coefficient (Wildman–Crippen LogP) is 3.10. The summed E-state index contributed by atoms with van der Waals surface area (Å²) in [5.41, 5.74) is 6.55. The molecule has 1 unspecified atom stereocenters. The molecule has 0 bridgehead atoms. The maximum absolute atomic E-state index is 14.2. The Labute approximate surface area is 127 Å². The lowest BCUT2D eigenvalue weighted by Gasteiger charge is -2.11. The Morgan fingerprint density at radius 1 is 1.38 bits per heavy atom. The lowest BCUT2D eigenvalue weighted by atomic mass is 10.1. The SMILES string of the molecule is CC(N)c1ccc(Sc2nnnn2C2CCCC2)c(F)c1. The molecular formula is C14H18FN5S. The summed E-state index contributed by atoms with van der Waals surface area (Å²) in [4.78, 5) is 0.522. The molecule has 5 nitrogen and oxygen atoms in total. The maximum Gasteiger partial charge on any atom is 0.214 e.